The third kappa shape index (κ3) is 5.16. The lowest BCUT2D eigenvalue weighted by molar-refractivity contribution is 0.00980. The molecule has 2 aliphatic rings. The summed E-state index contributed by atoms with van der Waals surface area (Å²) in [4.78, 5) is 26.1. The molecule has 0 radical (unpaired) electrons. The molecule has 1 fully saturated rings. The maximum absolute atomic E-state index is 13.0. The van der Waals surface area contributed by atoms with E-state index in [1.165, 1.54) is 0 Å². The van der Waals surface area contributed by atoms with Crippen LogP contribution in [0.5, 0.6) is 17.2 Å². The number of nitrogens with zero attached hydrogens (tertiary/aromatic N) is 7. The van der Waals surface area contributed by atoms with Crippen molar-refractivity contribution >= 4 is 45.2 Å². The summed E-state index contributed by atoms with van der Waals surface area (Å²) in [5.74, 6) is 2.76. The van der Waals surface area contributed by atoms with Crippen LogP contribution in [0.1, 0.15) is 26.3 Å². The fourth-order valence-electron chi connectivity index (χ4n) is 5.75. The zero-order chi connectivity index (χ0) is 30.6. The summed E-state index contributed by atoms with van der Waals surface area (Å²) in [5, 5.41) is 12.5. The number of aryl methyl sites for hydroxylation is 2. The van der Waals surface area contributed by atoms with Gasteiger partial charge in [0, 0.05) is 38.4 Å². The Labute approximate surface area is 254 Å². The van der Waals surface area contributed by atoms with Crippen LogP contribution >= 0.6 is 0 Å². The van der Waals surface area contributed by atoms with Crippen molar-refractivity contribution in [3.63, 3.8) is 0 Å². The molecule has 0 spiro atoms. The second-order valence-corrected chi connectivity index (χ2v) is 12.2. The highest BCUT2D eigenvalue weighted by molar-refractivity contribution is 6.00. The van der Waals surface area contributed by atoms with Crippen molar-refractivity contribution in [2.45, 2.75) is 39.3 Å². The third-order valence-corrected chi connectivity index (χ3v) is 7.85. The van der Waals surface area contributed by atoms with Crippen LogP contribution in [0.4, 0.5) is 22.0 Å². The van der Waals surface area contributed by atoms with Crippen molar-refractivity contribution in [1.29, 1.82) is 0 Å². The molecule has 2 aliphatic heterocycles. The molecule has 2 aromatic heterocycles. The van der Waals surface area contributed by atoms with Gasteiger partial charge < -0.3 is 24.4 Å². The molecule has 226 valence electrons. The van der Waals surface area contributed by atoms with Gasteiger partial charge in [0.15, 0.2) is 5.75 Å². The van der Waals surface area contributed by atoms with E-state index in [0.29, 0.717) is 43.6 Å². The molecule has 1 saturated heterocycles. The van der Waals surface area contributed by atoms with Gasteiger partial charge in [0.05, 0.1) is 28.1 Å². The molecule has 3 aromatic carbocycles. The maximum atomic E-state index is 13.0. The third-order valence-electron chi connectivity index (χ3n) is 7.85. The number of carbonyl (C=O) groups excluding carboxylic acids is 1. The van der Waals surface area contributed by atoms with Crippen molar-refractivity contribution in [3.8, 4) is 17.2 Å². The average Bonchev–Trinajstić information content (AvgIpc) is 3.28. The van der Waals surface area contributed by atoms with Gasteiger partial charge in [-0.25, -0.2) is 19.4 Å². The van der Waals surface area contributed by atoms with E-state index in [9.17, 15) is 4.79 Å². The van der Waals surface area contributed by atoms with Crippen LogP contribution in [0.3, 0.4) is 0 Å². The van der Waals surface area contributed by atoms with Crippen molar-refractivity contribution < 1.29 is 19.0 Å². The van der Waals surface area contributed by atoms with E-state index in [-0.39, 0.29) is 12.1 Å². The summed E-state index contributed by atoms with van der Waals surface area (Å²) < 4.78 is 20.1. The van der Waals surface area contributed by atoms with Gasteiger partial charge in [-0.2, -0.15) is 0 Å². The van der Waals surface area contributed by atoms with Crippen LogP contribution in [0.15, 0.2) is 54.9 Å². The fourth-order valence-corrected chi connectivity index (χ4v) is 5.75. The number of amides is 1. The molecule has 1 atom stereocenters. The summed E-state index contributed by atoms with van der Waals surface area (Å²) >= 11 is 0. The minimum absolute atomic E-state index is 0.146. The van der Waals surface area contributed by atoms with Crippen LogP contribution in [0.2, 0.25) is 0 Å². The van der Waals surface area contributed by atoms with Gasteiger partial charge in [0.2, 0.25) is 0 Å². The van der Waals surface area contributed by atoms with E-state index in [1.807, 2.05) is 83.3 Å². The summed E-state index contributed by atoms with van der Waals surface area (Å²) in [7, 11) is 1.86. The summed E-state index contributed by atoms with van der Waals surface area (Å²) in [6.45, 7) is 9.84. The summed E-state index contributed by atoms with van der Waals surface area (Å²) in [6.07, 6.45) is 1.23. The number of ether oxygens (including phenoxy) is 3. The topological polar surface area (TPSA) is 120 Å². The van der Waals surface area contributed by atoms with Crippen LogP contribution in [0.25, 0.3) is 21.9 Å². The highest BCUT2D eigenvalue weighted by Gasteiger charge is 2.37. The second-order valence-electron chi connectivity index (χ2n) is 12.2. The zero-order valence-electron chi connectivity index (χ0n) is 25.4. The summed E-state index contributed by atoms with van der Waals surface area (Å²) in [6, 6.07) is 15.5. The first kappa shape index (κ1) is 27.7. The number of piperazine rings is 1. The van der Waals surface area contributed by atoms with Crippen LogP contribution < -0.4 is 19.7 Å². The van der Waals surface area contributed by atoms with Gasteiger partial charge in [0.1, 0.15) is 41.4 Å². The Kier molecular flexibility index (Phi) is 6.64. The number of hydrogen-bond donors (Lipinski definition) is 1. The van der Waals surface area contributed by atoms with Gasteiger partial charge in [-0.1, -0.05) is 5.21 Å². The minimum Gasteiger partial charge on any atom is -0.488 e. The number of benzene rings is 3. The molecular weight excluding hydrogens is 560 g/mol. The molecule has 44 heavy (non-hydrogen) atoms. The van der Waals surface area contributed by atoms with Crippen molar-refractivity contribution in [2.24, 2.45) is 7.05 Å². The van der Waals surface area contributed by atoms with E-state index in [0.717, 1.165) is 44.6 Å². The van der Waals surface area contributed by atoms with E-state index in [1.54, 1.807) is 15.9 Å². The van der Waals surface area contributed by atoms with Crippen molar-refractivity contribution in [2.75, 3.05) is 36.5 Å². The monoisotopic (exact) mass is 594 g/mol. The van der Waals surface area contributed by atoms with Gasteiger partial charge in [-0.15, -0.1) is 5.10 Å². The minimum atomic E-state index is -0.564. The molecule has 7 rings (SSSR count). The number of anilines is 3. The first-order valence-corrected chi connectivity index (χ1v) is 14.6. The van der Waals surface area contributed by atoms with E-state index in [2.05, 4.69) is 30.5 Å². The van der Waals surface area contributed by atoms with Crippen LogP contribution in [-0.2, 0) is 11.8 Å². The Hall–Kier alpha value is -5.13. The second kappa shape index (κ2) is 10.5. The smallest absolute Gasteiger partial charge is 0.410 e. The molecule has 5 aromatic rings. The first-order valence-electron chi connectivity index (χ1n) is 14.6. The molecular formula is C32H34N8O4. The molecule has 2 bridgehead atoms. The fraction of sp³-hybridized carbons (Fsp3) is 0.344. The predicted molar refractivity (Wildman–Crippen MR) is 167 cm³/mol. The number of aromatic nitrogens is 5. The Bertz CT molecular complexity index is 1900. The Morgan fingerprint density at radius 1 is 1.05 bits per heavy atom. The lowest BCUT2D eigenvalue weighted by Crippen LogP contribution is -2.57. The quantitative estimate of drug-likeness (QED) is 0.283. The number of carbonyl (C=O) groups is 1. The average molecular weight is 595 g/mol. The van der Waals surface area contributed by atoms with Crippen LogP contribution in [-0.4, -0.2) is 73.8 Å². The normalized spacial score (nSPS) is 16.3. The van der Waals surface area contributed by atoms with Gasteiger partial charge >= 0.3 is 6.09 Å². The number of fused-ring (bicyclic) bond motifs is 7. The molecule has 0 saturated carbocycles. The maximum Gasteiger partial charge on any atom is 0.410 e. The van der Waals surface area contributed by atoms with Gasteiger partial charge in [0.25, 0.3) is 0 Å². The first-order chi connectivity index (χ1) is 21.1. The SMILES string of the molecule is Cc1cc(Nc2ncnc3ccc4c(c23)OC[C@H]2CN4CCN2C(=O)OC(C)(C)C)ccc1Oc1ccc2c(c1)nnn2C. The molecule has 0 unspecified atom stereocenters. The predicted octanol–water partition coefficient (Wildman–Crippen LogP) is 5.57. The lowest BCUT2D eigenvalue weighted by atomic mass is 10.1. The van der Waals surface area contributed by atoms with Gasteiger partial charge in [-0.05, 0) is 75.7 Å². The molecule has 0 aliphatic carbocycles. The largest absolute Gasteiger partial charge is 0.488 e. The Balaban J connectivity index is 1.15. The molecule has 4 heterocycles. The number of rotatable bonds is 4. The summed E-state index contributed by atoms with van der Waals surface area (Å²) in [5.41, 5.74) is 4.67. The van der Waals surface area contributed by atoms with Gasteiger partial charge in [-0.3, -0.25) is 4.90 Å². The van der Waals surface area contributed by atoms with E-state index in [4.69, 9.17) is 14.2 Å². The zero-order valence-corrected chi connectivity index (χ0v) is 25.4. The lowest BCUT2D eigenvalue weighted by Gasteiger charge is -2.40. The molecule has 12 heteroatoms. The number of nitrogens with one attached hydrogen (secondary N) is 1. The van der Waals surface area contributed by atoms with Crippen LogP contribution in [0, 0.1) is 6.92 Å². The Morgan fingerprint density at radius 2 is 1.91 bits per heavy atom. The molecule has 1 amide bonds. The van der Waals surface area contributed by atoms with E-state index >= 15 is 0 Å². The number of hydrogen-bond acceptors (Lipinski definition) is 10. The highest BCUT2D eigenvalue weighted by atomic mass is 16.6. The van der Waals surface area contributed by atoms with Crippen molar-refractivity contribution in [1.82, 2.24) is 29.9 Å². The Morgan fingerprint density at radius 3 is 2.73 bits per heavy atom. The van der Waals surface area contributed by atoms with Crippen molar-refractivity contribution in [3.05, 3.63) is 60.4 Å². The standard InChI is InChI=1S/C32H34N8O4/c1-19-14-20(6-11-27(19)43-22-7-9-25-24(15-22)36-37-38(25)5)35-30-28-23(33-18-34-30)8-10-26-29(28)42-17-21-16-39(26)12-13-40(21)31(41)44-32(2,3)4/h6-11,14-15,18,21H,12-13,16-17H2,1-5H3,(H,33,34,35)/t21-/m1/s1. The highest BCUT2D eigenvalue weighted by Crippen LogP contribution is 2.42. The molecule has 1 N–H and O–H groups in total. The molecule has 12 nitrogen and oxygen atoms in total. The van der Waals surface area contributed by atoms with E-state index < -0.39 is 5.60 Å².